The highest BCUT2D eigenvalue weighted by Crippen LogP contribution is 2.31. The minimum absolute atomic E-state index is 0.323. The van der Waals surface area contributed by atoms with E-state index >= 15 is 0 Å². The Labute approximate surface area is 189 Å². The van der Waals surface area contributed by atoms with Gasteiger partial charge in [0.2, 0.25) is 0 Å². The van der Waals surface area contributed by atoms with Crippen LogP contribution >= 0.6 is 0 Å². The molecule has 0 atom stereocenters. The van der Waals surface area contributed by atoms with Crippen molar-refractivity contribution in [2.24, 2.45) is 0 Å². The third-order valence-corrected chi connectivity index (χ3v) is 7.13. The van der Waals surface area contributed by atoms with Crippen molar-refractivity contribution < 1.29 is 9.53 Å². The van der Waals surface area contributed by atoms with Crippen LogP contribution in [0.4, 0.5) is 16.3 Å². The second-order valence-corrected chi connectivity index (χ2v) is 13.9. The number of hydrogen-bond donors (Lipinski definition) is 2. The van der Waals surface area contributed by atoms with Crippen molar-refractivity contribution in [1.82, 2.24) is 9.78 Å². The summed E-state index contributed by atoms with van der Waals surface area (Å²) in [5.41, 5.74) is 2.79. The average Bonchev–Trinajstić information content (AvgIpc) is 3.18. The number of aromatic nitrogens is 2. The van der Waals surface area contributed by atoms with Crippen molar-refractivity contribution >= 4 is 41.7 Å². The van der Waals surface area contributed by atoms with Crippen LogP contribution in [0.25, 0.3) is 16.5 Å². The van der Waals surface area contributed by atoms with E-state index in [4.69, 9.17) is 9.84 Å². The molecule has 3 aromatic carbocycles. The topological polar surface area (TPSA) is 68.2 Å². The van der Waals surface area contributed by atoms with Gasteiger partial charge < -0.3 is 10.1 Å². The van der Waals surface area contributed by atoms with Crippen molar-refractivity contribution in [2.75, 3.05) is 17.7 Å². The summed E-state index contributed by atoms with van der Waals surface area (Å²) in [5, 5.41) is 13.7. The van der Waals surface area contributed by atoms with E-state index in [-0.39, 0.29) is 6.03 Å². The van der Waals surface area contributed by atoms with Gasteiger partial charge in [-0.1, -0.05) is 61.6 Å². The summed E-state index contributed by atoms with van der Waals surface area (Å²) in [6.07, 6.45) is 0. The van der Waals surface area contributed by atoms with Crippen molar-refractivity contribution in [3.8, 4) is 11.4 Å². The Bertz CT molecular complexity index is 1270. The molecule has 0 saturated carbocycles. The molecule has 2 N–H and O–H groups in total. The first-order valence-electron chi connectivity index (χ1n) is 10.6. The Morgan fingerprint density at radius 2 is 1.62 bits per heavy atom. The predicted octanol–water partition coefficient (Wildman–Crippen LogP) is 5.53. The van der Waals surface area contributed by atoms with Gasteiger partial charge in [0.05, 0.1) is 18.5 Å². The van der Waals surface area contributed by atoms with Crippen LogP contribution in [-0.2, 0) is 0 Å². The van der Waals surface area contributed by atoms with E-state index in [2.05, 4.69) is 30.3 Å². The first kappa shape index (κ1) is 21.6. The summed E-state index contributed by atoms with van der Waals surface area (Å²) in [5.74, 6) is 1.41. The molecule has 0 aliphatic rings. The maximum Gasteiger partial charge on any atom is 0.324 e. The minimum atomic E-state index is -1.68. The summed E-state index contributed by atoms with van der Waals surface area (Å²) in [7, 11) is -0.0344. The number of ether oxygens (including phenoxy) is 1. The maximum absolute atomic E-state index is 13.0. The van der Waals surface area contributed by atoms with Crippen LogP contribution in [0.2, 0.25) is 19.6 Å². The zero-order chi connectivity index (χ0) is 22.9. The fourth-order valence-electron chi connectivity index (χ4n) is 3.55. The minimum Gasteiger partial charge on any atom is -0.496 e. The van der Waals surface area contributed by atoms with Crippen LogP contribution in [0.3, 0.4) is 0 Å². The molecular formula is C25H28N4O2Si. The summed E-state index contributed by atoms with van der Waals surface area (Å²) < 4.78 is 7.26. The molecule has 0 saturated heterocycles. The molecule has 0 spiro atoms. The lowest BCUT2D eigenvalue weighted by Gasteiger charge is -2.13. The molecule has 0 aliphatic heterocycles. The molecule has 1 heterocycles. The van der Waals surface area contributed by atoms with Crippen molar-refractivity contribution in [3.05, 3.63) is 72.3 Å². The number of hydrogen-bond acceptors (Lipinski definition) is 3. The third kappa shape index (κ3) is 4.38. The number of carbonyl (C=O) groups excluding carboxylic acids is 1. The SMILES string of the molecule is COc1ccc(NC(=O)Nc2cc([Si](C)(C)C)nn2-c2ccc(C)cc2)c2ccccc12. The largest absolute Gasteiger partial charge is 0.496 e. The van der Waals surface area contributed by atoms with Crippen LogP contribution in [0, 0.1) is 6.92 Å². The molecular weight excluding hydrogens is 416 g/mol. The molecule has 2 amide bonds. The molecule has 0 aliphatic carbocycles. The number of anilines is 2. The van der Waals surface area contributed by atoms with E-state index in [1.54, 1.807) is 11.8 Å². The van der Waals surface area contributed by atoms with Gasteiger partial charge in [0.15, 0.2) is 0 Å². The number of nitrogens with one attached hydrogen (secondary N) is 2. The van der Waals surface area contributed by atoms with Crippen molar-refractivity contribution in [2.45, 2.75) is 26.6 Å². The van der Waals surface area contributed by atoms with E-state index in [0.717, 1.165) is 27.5 Å². The number of carbonyl (C=O) groups is 1. The lowest BCUT2D eigenvalue weighted by molar-refractivity contribution is 0.262. The number of nitrogens with zero attached hydrogens (tertiary/aromatic N) is 2. The number of methoxy groups -OCH3 is 1. The Morgan fingerprint density at radius 3 is 2.28 bits per heavy atom. The van der Waals surface area contributed by atoms with Gasteiger partial charge in [-0.2, -0.15) is 5.10 Å². The van der Waals surface area contributed by atoms with Crippen LogP contribution in [-0.4, -0.2) is 31.0 Å². The Morgan fingerprint density at radius 1 is 0.938 bits per heavy atom. The summed E-state index contributed by atoms with van der Waals surface area (Å²) >= 11 is 0. The molecule has 7 heteroatoms. The van der Waals surface area contributed by atoms with E-state index in [1.807, 2.05) is 73.7 Å². The van der Waals surface area contributed by atoms with E-state index in [1.165, 1.54) is 5.56 Å². The number of urea groups is 1. The zero-order valence-electron chi connectivity index (χ0n) is 19.1. The zero-order valence-corrected chi connectivity index (χ0v) is 20.1. The molecule has 0 bridgehead atoms. The first-order valence-corrected chi connectivity index (χ1v) is 14.1. The van der Waals surface area contributed by atoms with Crippen molar-refractivity contribution in [1.29, 1.82) is 0 Å². The average molecular weight is 445 g/mol. The van der Waals surface area contributed by atoms with E-state index in [0.29, 0.717) is 11.5 Å². The molecule has 0 fully saturated rings. The van der Waals surface area contributed by atoms with E-state index in [9.17, 15) is 4.79 Å². The fraction of sp³-hybridized carbons (Fsp3) is 0.200. The molecule has 4 rings (SSSR count). The van der Waals surface area contributed by atoms with Gasteiger partial charge in [-0.05, 0) is 37.3 Å². The number of benzene rings is 3. The Balaban J connectivity index is 1.66. The van der Waals surface area contributed by atoms with Crippen molar-refractivity contribution in [3.63, 3.8) is 0 Å². The Hall–Kier alpha value is -3.58. The summed E-state index contributed by atoms with van der Waals surface area (Å²) in [6.45, 7) is 8.76. The molecule has 4 aromatic rings. The van der Waals surface area contributed by atoms with Gasteiger partial charge in [-0.3, -0.25) is 5.32 Å². The number of rotatable bonds is 5. The predicted molar refractivity (Wildman–Crippen MR) is 134 cm³/mol. The number of amides is 2. The lowest BCUT2D eigenvalue weighted by Crippen LogP contribution is -2.39. The lowest BCUT2D eigenvalue weighted by atomic mass is 10.1. The second kappa shape index (κ2) is 8.51. The highest BCUT2D eigenvalue weighted by Gasteiger charge is 2.23. The fourth-order valence-corrected chi connectivity index (χ4v) is 4.52. The maximum atomic E-state index is 13.0. The normalized spacial score (nSPS) is 11.4. The van der Waals surface area contributed by atoms with Gasteiger partial charge in [0.1, 0.15) is 19.6 Å². The molecule has 0 unspecified atom stereocenters. The molecule has 32 heavy (non-hydrogen) atoms. The Kier molecular flexibility index (Phi) is 5.76. The molecule has 0 radical (unpaired) electrons. The van der Waals surface area contributed by atoms with Gasteiger partial charge in [0.25, 0.3) is 0 Å². The smallest absolute Gasteiger partial charge is 0.324 e. The quantitative estimate of drug-likeness (QED) is 0.398. The van der Waals surface area contributed by atoms with Gasteiger partial charge in [0, 0.05) is 16.1 Å². The van der Waals surface area contributed by atoms with Crippen LogP contribution in [0.5, 0.6) is 5.75 Å². The standard InChI is InChI=1S/C25H28N4O2Si/c1-17-10-12-18(13-11-17)29-23(16-24(28-29)32(3,4)5)27-25(30)26-21-14-15-22(31-2)20-9-7-6-8-19(20)21/h6-16H,1-5H3,(H2,26,27,30). The summed E-state index contributed by atoms with van der Waals surface area (Å²) in [4.78, 5) is 13.0. The number of fused-ring (bicyclic) bond motifs is 1. The monoisotopic (exact) mass is 444 g/mol. The van der Waals surface area contributed by atoms with Crippen LogP contribution in [0.15, 0.2) is 66.7 Å². The van der Waals surface area contributed by atoms with Gasteiger partial charge >= 0.3 is 6.03 Å². The van der Waals surface area contributed by atoms with Gasteiger partial charge in [-0.25, -0.2) is 9.48 Å². The van der Waals surface area contributed by atoms with Gasteiger partial charge in [-0.15, -0.1) is 0 Å². The van der Waals surface area contributed by atoms with Crippen LogP contribution < -0.4 is 20.7 Å². The number of aryl methyl sites for hydroxylation is 1. The second-order valence-electron chi connectivity index (χ2n) is 8.85. The molecule has 164 valence electrons. The highest BCUT2D eigenvalue weighted by molar-refractivity contribution is 6.88. The highest BCUT2D eigenvalue weighted by atomic mass is 28.3. The summed E-state index contributed by atoms with van der Waals surface area (Å²) in [6, 6.07) is 21.3. The van der Waals surface area contributed by atoms with E-state index < -0.39 is 8.07 Å². The third-order valence-electron chi connectivity index (χ3n) is 5.35. The molecule has 1 aromatic heterocycles. The first-order chi connectivity index (χ1) is 15.3. The van der Waals surface area contributed by atoms with Crippen LogP contribution in [0.1, 0.15) is 5.56 Å². The molecule has 6 nitrogen and oxygen atoms in total.